The number of benzene rings is 7. The molecule has 1 nitrogen and oxygen atoms in total. The lowest BCUT2D eigenvalue weighted by Gasteiger charge is -2.31. The van der Waals surface area contributed by atoms with Gasteiger partial charge in [0.05, 0.1) is 0 Å². The fourth-order valence-electron chi connectivity index (χ4n) is 6.94. The van der Waals surface area contributed by atoms with Crippen molar-refractivity contribution >= 4 is 39.7 Å². The van der Waals surface area contributed by atoms with Gasteiger partial charge in [0, 0.05) is 31.5 Å². The summed E-state index contributed by atoms with van der Waals surface area (Å²) in [5.41, 5.74) is 13.1. The van der Waals surface area contributed by atoms with Gasteiger partial charge in [0.2, 0.25) is 0 Å². The van der Waals surface area contributed by atoms with E-state index in [-0.39, 0.29) is 10.8 Å². The molecule has 0 bridgehead atoms. The van der Waals surface area contributed by atoms with E-state index >= 15 is 0 Å². The van der Waals surface area contributed by atoms with Gasteiger partial charge in [-0.3, -0.25) is 0 Å². The highest BCUT2D eigenvalue weighted by molar-refractivity contribution is 14.1. The maximum atomic E-state index is 2.54. The Morgan fingerprint density at radius 1 is 0.360 bits per heavy atom. The van der Waals surface area contributed by atoms with E-state index in [2.05, 4.69) is 237 Å². The molecule has 0 unspecified atom stereocenters. The third-order valence-corrected chi connectivity index (χ3v) is 11.3. The van der Waals surface area contributed by atoms with Crippen molar-refractivity contribution in [3.8, 4) is 22.3 Å². The number of nitrogens with zero attached hydrogens (tertiary/aromatic N) is 1. The van der Waals surface area contributed by atoms with E-state index in [0.29, 0.717) is 0 Å². The van der Waals surface area contributed by atoms with Crippen molar-refractivity contribution in [1.29, 1.82) is 0 Å². The Labute approximate surface area is 311 Å². The molecule has 7 aromatic carbocycles. The Morgan fingerprint density at radius 3 is 1.00 bits per heavy atom. The minimum absolute atomic E-state index is 0.126. The SMILES string of the molecule is CC(C)(c1ccccc1)c1ccc(N(c2ccc(C(C)(C)c3ccccc3)cc2)c2cc(-c3ccccc3)c(I)c(-c3ccccc3)c2)cc1. The number of rotatable bonds is 9. The van der Waals surface area contributed by atoms with Crippen LogP contribution in [0.5, 0.6) is 0 Å². The first kappa shape index (κ1) is 33.6. The second-order valence-corrected chi connectivity index (χ2v) is 15.1. The molecule has 0 saturated carbocycles. The largest absolute Gasteiger partial charge is 0.310 e. The number of halogens is 1. The zero-order valence-corrected chi connectivity index (χ0v) is 31.3. The number of anilines is 3. The summed E-state index contributed by atoms with van der Waals surface area (Å²) in [5, 5.41) is 0. The van der Waals surface area contributed by atoms with Gasteiger partial charge in [0.25, 0.3) is 0 Å². The Bertz CT molecular complexity index is 2010. The molecule has 7 rings (SSSR count). The van der Waals surface area contributed by atoms with Crippen LogP contribution in [0.25, 0.3) is 22.3 Å². The lowest BCUT2D eigenvalue weighted by atomic mass is 9.78. The van der Waals surface area contributed by atoms with Gasteiger partial charge in [-0.1, -0.05) is 173 Å². The molecule has 0 fully saturated rings. The highest BCUT2D eigenvalue weighted by atomic mass is 127. The summed E-state index contributed by atoms with van der Waals surface area (Å²) in [4.78, 5) is 2.41. The summed E-state index contributed by atoms with van der Waals surface area (Å²) in [5.74, 6) is 0. The van der Waals surface area contributed by atoms with E-state index in [1.54, 1.807) is 0 Å². The predicted molar refractivity (Wildman–Crippen MR) is 222 cm³/mol. The maximum absolute atomic E-state index is 2.54. The third-order valence-electron chi connectivity index (χ3n) is 10.2. The Balaban J connectivity index is 1.39. The van der Waals surface area contributed by atoms with Crippen LogP contribution in [0.3, 0.4) is 0 Å². The Morgan fingerprint density at radius 2 is 0.660 bits per heavy atom. The number of hydrogen-bond acceptors (Lipinski definition) is 1. The van der Waals surface area contributed by atoms with Crippen molar-refractivity contribution in [3.63, 3.8) is 0 Å². The summed E-state index contributed by atoms with van der Waals surface area (Å²) in [6.07, 6.45) is 0. The van der Waals surface area contributed by atoms with E-state index in [4.69, 9.17) is 0 Å². The van der Waals surface area contributed by atoms with Gasteiger partial charge in [-0.05, 0) is 103 Å². The first-order valence-corrected chi connectivity index (χ1v) is 18.4. The predicted octanol–water partition coefficient (Wildman–Crippen LogP) is 13.7. The molecule has 7 aromatic rings. The highest BCUT2D eigenvalue weighted by Crippen LogP contribution is 2.44. The molecule has 50 heavy (non-hydrogen) atoms. The van der Waals surface area contributed by atoms with Gasteiger partial charge in [-0.2, -0.15) is 0 Å². The Kier molecular flexibility index (Phi) is 9.48. The zero-order chi connectivity index (χ0) is 34.7. The van der Waals surface area contributed by atoms with Crippen LogP contribution in [0.15, 0.2) is 182 Å². The minimum atomic E-state index is -0.126. The summed E-state index contributed by atoms with van der Waals surface area (Å²) in [6, 6.07) is 66.1. The molecule has 0 aliphatic rings. The van der Waals surface area contributed by atoms with Crippen LogP contribution in [0.2, 0.25) is 0 Å². The molecule has 2 heteroatoms. The maximum Gasteiger partial charge on any atom is 0.0474 e. The molecule has 0 spiro atoms. The molecular weight excluding hydrogens is 717 g/mol. The van der Waals surface area contributed by atoms with Gasteiger partial charge in [-0.25, -0.2) is 0 Å². The van der Waals surface area contributed by atoms with E-state index in [0.717, 1.165) is 17.1 Å². The van der Waals surface area contributed by atoms with Crippen LogP contribution in [0.1, 0.15) is 49.9 Å². The van der Waals surface area contributed by atoms with Crippen LogP contribution in [-0.4, -0.2) is 0 Å². The minimum Gasteiger partial charge on any atom is -0.310 e. The van der Waals surface area contributed by atoms with Gasteiger partial charge < -0.3 is 4.90 Å². The van der Waals surface area contributed by atoms with E-state index < -0.39 is 0 Å². The smallest absolute Gasteiger partial charge is 0.0474 e. The van der Waals surface area contributed by atoms with Crippen molar-refractivity contribution in [3.05, 3.63) is 208 Å². The molecule has 0 saturated heterocycles. The van der Waals surface area contributed by atoms with E-state index in [1.807, 2.05) is 0 Å². The second-order valence-electron chi connectivity index (χ2n) is 14.0. The average molecular weight is 760 g/mol. The van der Waals surface area contributed by atoms with Gasteiger partial charge >= 0.3 is 0 Å². The van der Waals surface area contributed by atoms with Crippen LogP contribution in [0.4, 0.5) is 17.1 Å². The van der Waals surface area contributed by atoms with Crippen LogP contribution in [0, 0.1) is 3.57 Å². The molecular formula is C48H42IN. The molecule has 0 radical (unpaired) electrons. The Hall–Kier alpha value is -4.93. The van der Waals surface area contributed by atoms with Crippen molar-refractivity contribution in [2.45, 2.75) is 38.5 Å². The molecule has 0 aromatic heterocycles. The van der Waals surface area contributed by atoms with Crippen LogP contribution < -0.4 is 4.90 Å². The normalized spacial score (nSPS) is 11.7. The van der Waals surface area contributed by atoms with Crippen molar-refractivity contribution in [2.24, 2.45) is 0 Å². The monoisotopic (exact) mass is 759 g/mol. The summed E-state index contributed by atoms with van der Waals surface area (Å²) < 4.78 is 1.24. The fraction of sp³-hybridized carbons (Fsp3) is 0.125. The molecule has 0 amide bonds. The quantitative estimate of drug-likeness (QED) is 0.133. The molecule has 0 atom stereocenters. The van der Waals surface area contributed by atoms with Crippen LogP contribution in [-0.2, 0) is 10.8 Å². The second kappa shape index (κ2) is 14.1. The lowest BCUT2D eigenvalue weighted by Crippen LogP contribution is -2.19. The first-order chi connectivity index (χ1) is 24.2. The van der Waals surface area contributed by atoms with Crippen LogP contribution >= 0.6 is 22.6 Å². The fourth-order valence-corrected chi connectivity index (χ4v) is 7.87. The third kappa shape index (κ3) is 6.65. The topological polar surface area (TPSA) is 3.24 Å². The molecule has 0 aliphatic carbocycles. The summed E-state index contributed by atoms with van der Waals surface area (Å²) in [7, 11) is 0. The van der Waals surface area contributed by atoms with E-state index in [1.165, 1.54) is 48.1 Å². The molecule has 0 aliphatic heterocycles. The van der Waals surface area contributed by atoms with E-state index in [9.17, 15) is 0 Å². The average Bonchev–Trinajstić information content (AvgIpc) is 3.17. The summed E-state index contributed by atoms with van der Waals surface area (Å²) >= 11 is 2.54. The van der Waals surface area contributed by atoms with Crippen molar-refractivity contribution in [2.75, 3.05) is 4.90 Å². The zero-order valence-electron chi connectivity index (χ0n) is 29.1. The van der Waals surface area contributed by atoms with Crippen molar-refractivity contribution in [1.82, 2.24) is 0 Å². The highest BCUT2D eigenvalue weighted by Gasteiger charge is 2.26. The molecule has 0 N–H and O–H groups in total. The number of hydrogen-bond donors (Lipinski definition) is 0. The standard InChI is InChI=1S/C48H42IN/c1-47(2,37-21-13-7-14-22-37)39-25-29-41(30-26-39)50(42-31-27-40(28-32-42)48(3,4)38-23-15-8-16-24-38)43-33-44(35-17-9-5-10-18-35)46(49)45(34-43)36-19-11-6-12-20-36/h5-34H,1-4H3. The van der Waals surface area contributed by atoms with Gasteiger partial charge in [-0.15, -0.1) is 0 Å². The molecule has 0 heterocycles. The van der Waals surface area contributed by atoms with Gasteiger partial charge in [0.15, 0.2) is 0 Å². The first-order valence-electron chi connectivity index (χ1n) is 17.3. The molecule has 246 valence electrons. The summed E-state index contributed by atoms with van der Waals surface area (Å²) in [6.45, 7) is 9.22. The van der Waals surface area contributed by atoms with Crippen molar-refractivity contribution < 1.29 is 0 Å². The van der Waals surface area contributed by atoms with Gasteiger partial charge in [0.1, 0.15) is 0 Å². The lowest BCUT2D eigenvalue weighted by molar-refractivity contribution is 0.641.